The lowest BCUT2D eigenvalue weighted by Gasteiger charge is -2.33. The minimum atomic E-state index is -0.206. The molecule has 4 aromatic rings. The topological polar surface area (TPSA) is 62.1 Å². The van der Waals surface area contributed by atoms with Crippen molar-refractivity contribution in [2.24, 2.45) is 11.8 Å². The van der Waals surface area contributed by atoms with Crippen molar-refractivity contribution < 1.29 is 4.39 Å². The summed E-state index contributed by atoms with van der Waals surface area (Å²) >= 11 is 0. The van der Waals surface area contributed by atoms with Crippen LogP contribution in [0.1, 0.15) is 69.6 Å². The Hall–Kier alpha value is -2.96. The normalized spacial score (nSPS) is 15.5. The average molecular weight is 463 g/mol. The number of piperidine rings is 1. The summed E-state index contributed by atoms with van der Waals surface area (Å²) < 4.78 is 17.9. The van der Waals surface area contributed by atoms with Crippen LogP contribution in [0.25, 0.3) is 27.8 Å². The largest absolute Gasteiger partial charge is 0.354 e. The van der Waals surface area contributed by atoms with Crippen LogP contribution in [-0.4, -0.2) is 37.7 Å². The van der Waals surface area contributed by atoms with Gasteiger partial charge in [0, 0.05) is 30.2 Å². The molecule has 1 saturated heterocycles. The Morgan fingerprint density at radius 2 is 1.82 bits per heavy atom. The summed E-state index contributed by atoms with van der Waals surface area (Å²) in [6.07, 6.45) is 8.81. The molecule has 0 atom stereocenters. The second-order valence-corrected chi connectivity index (χ2v) is 10.6. The molecule has 5 heterocycles. The van der Waals surface area contributed by atoms with E-state index in [1.807, 2.05) is 6.20 Å². The number of hydrogen-bond donors (Lipinski definition) is 1. The quantitative estimate of drug-likeness (QED) is 0.372. The second kappa shape index (κ2) is 8.67. The van der Waals surface area contributed by atoms with E-state index < -0.39 is 0 Å². The first kappa shape index (κ1) is 22.8. The Morgan fingerprint density at radius 1 is 1.09 bits per heavy atom. The van der Waals surface area contributed by atoms with Gasteiger partial charge in [-0.2, -0.15) is 5.10 Å². The van der Waals surface area contributed by atoms with Crippen molar-refractivity contribution in [3.05, 3.63) is 41.2 Å². The summed E-state index contributed by atoms with van der Waals surface area (Å²) in [6, 6.07) is 0. The van der Waals surface area contributed by atoms with E-state index in [1.54, 1.807) is 17.0 Å². The molecule has 0 aliphatic carbocycles. The monoisotopic (exact) mass is 462 g/mol. The molecule has 34 heavy (non-hydrogen) atoms. The molecular weight excluding hydrogens is 427 g/mol. The van der Waals surface area contributed by atoms with Gasteiger partial charge in [-0.05, 0) is 67.6 Å². The fourth-order valence-electron chi connectivity index (χ4n) is 5.67. The summed E-state index contributed by atoms with van der Waals surface area (Å²) in [5.41, 5.74) is 6.74. The number of nitrogens with zero attached hydrogens (tertiary/aromatic N) is 5. The highest BCUT2D eigenvalue weighted by molar-refractivity contribution is 5.94. The third-order valence-corrected chi connectivity index (χ3v) is 7.49. The fraction of sp³-hybridized carbons (Fsp3) is 0.519. The van der Waals surface area contributed by atoms with Gasteiger partial charge in [0.25, 0.3) is 0 Å². The highest BCUT2D eigenvalue weighted by Gasteiger charge is 2.27. The van der Waals surface area contributed by atoms with Crippen molar-refractivity contribution in [3.8, 4) is 11.3 Å². The maximum Gasteiger partial charge on any atom is 0.175 e. The van der Waals surface area contributed by atoms with Crippen LogP contribution in [0.4, 0.5) is 10.2 Å². The number of rotatable bonds is 5. The second-order valence-electron chi connectivity index (χ2n) is 10.6. The molecule has 6 nitrogen and oxygen atoms in total. The van der Waals surface area contributed by atoms with Crippen LogP contribution in [0.2, 0.25) is 0 Å². The van der Waals surface area contributed by atoms with E-state index in [1.165, 1.54) is 6.42 Å². The molecule has 0 radical (unpaired) electrons. The van der Waals surface area contributed by atoms with Crippen LogP contribution in [0.15, 0.2) is 18.7 Å². The van der Waals surface area contributed by atoms with Crippen molar-refractivity contribution >= 4 is 22.4 Å². The number of H-pyrrole nitrogens is 1. The van der Waals surface area contributed by atoms with Gasteiger partial charge in [-0.1, -0.05) is 27.7 Å². The van der Waals surface area contributed by atoms with E-state index >= 15 is 4.39 Å². The Balaban J connectivity index is 1.60. The molecule has 180 valence electrons. The van der Waals surface area contributed by atoms with Gasteiger partial charge < -0.3 is 9.88 Å². The third-order valence-electron chi connectivity index (χ3n) is 7.49. The van der Waals surface area contributed by atoms with Crippen molar-refractivity contribution in [2.45, 2.75) is 66.7 Å². The van der Waals surface area contributed by atoms with Crippen LogP contribution in [0.3, 0.4) is 0 Å². The van der Waals surface area contributed by atoms with Gasteiger partial charge in [-0.15, -0.1) is 0 Å². The van der Waals surface area contributed by atoms with E-state index in [-0.39, 0.29) is 11.7 Å². The van der Waals surface area contributed by atoms with E-state index in [0.29, 0.717) is 17.1 Å². The smallest absolute Gasteiger partial charge is 0.175 e. The highest BCUT2D eigenvalue weighted by Crippen LogP contribution is 2.40. The lowest BCUT2D eigenvalue weighted by Crippen LogP contribution is -2.35. The zero-order valence-corrected chi connectivity index (χ0v) is 21.1. The third kappa shape index (κ3) is 3.75. The SMILES string of the molecule is Cc1c(-c2[nH]c3cnc(N4CCC(CC(C)C)CC4)c(F)c3c2C(C)C)cn2ncnc2c1C. The first-order valence-electron chi connectivity index (χ1n) is 12.5. The molecule has 7 heteroatoms. The number of anilines is 1. The Bertz CT molecular complexity index is 1340. The van der Waals surface area contributed by atoms with Gasteiger partial charge in [0.1, 0.15) is 6.33 Å². The minimum absolute atomic E-state index is 0.136. The van der Waals surface area contributed by atoms with Crippen molar-refractivity contribution in [2.75, 3.05) is 18.0 Å². The number of hydrogen-bond acceptors (Lipinski definition) is 4. The van der Waals surface area contributed by atoms with Gasteiger partial charge in [-0.25, -0.2) is 18.9 Å². The summed E-state index contributed by atoms with van der Waals surface area (Å²) in [6.45, 7) is 14.7. The summed E-state index contributed by atoms with van der Waals surface area (Å²) in [5.74, 6) is 1.85. The van der Waals surface area contributed by atoms with Gasteiger partial charge in [-0.3, -0.25) is 0 Å². The minimum Gasteiger partial charge on any atom is -0.354 e. The predicted molar refractivity (Wildman–Crippen MR) is 136 cm³/mol. The molecule has 0 aromatic carbocycles. The number of aromatic nitrogens is 5. The summed E-state index contributed by atoms with van der Waals surface area (Å²) in [5, 5.41) is 5.01. The molecule has 0 unspecified atom stereocenters. The molecule has 1 N–H and O–H groups in total. The fourth-order valence-corrected chi connectivity index (χ4v) is 5.67. The van der Waals surface area contributed by atoms with Crippen LogP contribution in [0.5, 0.6) is 0 Å². The zero-order chi connectivity index (χ0) is 24.1. The van der Waals surface area contributed by atoms with Crippen molar-refractivity contribution in [1.29, 1.82) is 0 Å². The molecule has 0 bridgehead atoms. The van der Waals surface area contributed by atoms with Crippen LogP contribution < -0.4 is 4.90 Å². The van der Waals surface area contributed by atoms with Gasteiger partial charge >= 0.3 is 0 Å². The number of nitrogens with one attached hydrogen (secondary N) is 1. The Kier molecular flexibility index (Phi) is 5.82. The molecule has 5 rings (SSSR count). The van der Waals surface area contributed by atoms with E-state index in [2.05, 4.69) is 66.5 Å². The summed E-state index contributed by atoms with van der Waals surface area (Å²) in [7, 11) is 0. The Labute approximate surface area is 200 Å². The molecule has 1 fully saturated rings. The average Bonchev–Trinajstić information content (AvgIpc) is 3.42. The number of fused-ring (bicyclic) bond motifs is 2. The molecule has 0 spiro atoms. The van der Waals surface area contributed by atoms with Crippen molar-refractivity contribution in [1.82, 2.24) is 24.6 Å². The zero-order valence-electron chi connectivity index (χ0n) is 21.1. The molecule has 0 amide bonds. The maximum atomic E-state index is 16.1. The molecule has 0 saturated carbocycles. The van der Waals surface area contributed by atoms with E-state index in [0.717, 1.165) is 71.0 Å². The number of aromatic amines is 1. The van der Waals surface area contributed by atoms with Crippen LogP contribution >= 0.6 is 0 Å². The highest BCUT2D eigenvalue weighted by atomic mass is 19.1. The maximum absolute atomic E-state index is 16.1. The standard InChI is InChI=1S/C27H35FN6/c1-15(2)11-19-7-9-33(10-8-19)27-24(28)23-21(12-29-27)32-25(22(23)16(3)4)20-13-34-26(30-14-31-34)18(6)17(20)5/h12-16,19,32H,7-11H2,1-6H3. The molecule has 1 aliphatic rings. The van der Waals surface area contributed by atoms with E-state index in [4.69, 9.17) is 0 Å². The summed E-state index contributed by atoms with van der Waals surface area (Å²) in [4.78, 5) is 14.6. The lowest BCUT2D eigenvalue weighted by molar-refractivity contribution is 0.336. The first-order valence-corrected chi connectivity index (χ1v) is 12.5. The van der Waals surface area contributed by atoms with Gasteiger partial charge in [0.05, 0.1) is 17.4 Å². The number of aryl methyl sites for hydroxylation is 1. The molecule has 1 aliphatic heterocycles. The number of pyridine rings is 2. The Morgan fingerprint density at radius 3 is 2.50 bits per heavy atom. The van der Waals surface area contributed by atoms with Gasteiger partial charge in [0.2, 0.25) is 0 Å². The van der Waals surface area contributed by atoms with Crippen LogP contribution in [-0.2, 0) is 0 Å². The van der Waals surface area contributed by atoms with Gasteiger partial charge in [0.15, 0.2) is 17.3 Å². The lowest BCUT2D eigenvalue weighted by atomic mass is 9.88. The molecule has 4 aromatic heterocycles. The van der Waals surface area contributed by atoms with Crippen molar-refractivity contribution in [3.63, 3.8) is 0 Å². The van der Waals surface area contributed by atoms with Crippen LogP contribution in [0, 0.1) is 31.5 Å². The van der Waals surface area contributed by atoms with E-state index in [9.17, 15) is 0 Å². The number of halogens is 1. The first-order chi connectivity index (χ1) is 16.3. The predicted octanol–water partition coefficient (Wildman–Crippen LogP) is 6.41. The molecular formula is C27H35FN6.